The lowest BCUT2D eigenvalue weighted by Gasteiger charge is -2.26. The number of benzene rings is 1. The van der Waals surface area contributed by atoms with E-state index in [1.165, 1.54) is 11.3 Å². The van der Waals surface area contributed by atoms with Gasteiger partial charge in [0.15, 0.2) is 0 Å². The van der Waals surface area contributed by atoms with Crippen molar-refractivity contribution in [1.82, 2.24) is 0 Å². The normalized spacial score (nSPS) is 14.5. The molecule has 1 heterocycles. The Kier molecular flexibility index (Phi) is 3.84. The highest BCUT2D eigenvalue weighted by molar-refractivity contribution is 7.16. The van der Waals surface area contributed by atoms with Gasteiger partial charge in [-0.15, -0.1) is 11.3 Å². The Labute approximate surface area is 109 Å². The van der Waals surface area contributed by atoms with Crippen molar-refractivity contribution in [2.45, 2.75) is 5.60 Å². The van der Waals surface area contributed by atoms with Gasteiger partial charge in [0.25, 0.3) is 0 Å². The summed E-state index contributed by atoms with van der Waals surface area (Å²) in [4.78, 5) is 0.788. The largest absolute Gasteiger partial charge is 0.381 e. The summed E-state index contributed by atoms with van der Waals surface area (Å²) in [7, 11) is 1.57. The maximum absolute atomic E-state index is 10.8. The zero-order valence-corrected chi connectivity index (χ0v) is 11.0. The van der Waals surface area contributed by atoms with Gasteiger partial charge in [0.05, 0.1) is 10.9 Å². The van der Waals surface area contributed by atoms with Gasteiger partial charge in [0.2, 0.25) is 0 Å². The second-order valence-corrected chi connectivity index (χ2v) is 5.48. The molecular weight excluding hydrogens is 256 g/mol. The second kappa shape index (κ2) is 5.19. The van der Waals surface area contributed by atoms with Crippen LogP contribution in [0.2, 0.25) is 4.34 Å². The van der Waals surface area contributed by atoms with E-state index in [-0.39, 0.29) is 6.61 Å². The molecule has 1 unspecified atom stereocenters. The van der Waals surface area contributed by atoms with Gasteiger partial charge in [-0.2, -0.15) is 0 Å². The zero-order chi connectivity index (χ0) is 12.3. The molecule has 0 amide bonds. The average Bonchev–Trinajstić information content (AvgIpc) is 2.78. The molecule has 1 aromatic heterocycles. The summed E-state index contributed by atoms with van der Waals surface area (Å²) in [6.45, 7) is 0.202. The molecule has 0 aliphatic rings. The summed E-state index contributed by atoms with van der Waals surface area (Å²) in [5.74, 6) is 0. The van der Waals surface area contributed by atoms with E-state index in [0.717, 1.165) is 10.4 Å². The second-order valence-electron chi connectivity index (χ2n) is 3.76. The molecule has 0 aliphatic carbocycles. The molecule has 1 N–H and O–H groups in total. The molecule has 0 saturated carbocycles. The third-order valence-corrected chi connectivity index (χ3v) is 3.97. The Bertz CT molecular complexity index is 483. The topological polar surface area (TPSA) is 29.5 Å². The van der Waals surface area contributed by atoms with Crippen molar-refractivity contribution < 1.29 is 9.84 Å². The highest BCUT2D eigenvalue weighted by Crippen LogP contribution is 2.36. The Hall–Kier alpha value is -0.870. The lowest BCUT2D eigenvalue weighted by molar-refractivity contribution is -0.000615. The smallest absolute Gasteiger partial charge is 0.147 e. The molecule has 90 valence electrons. The van der Waals surface area contributed by atoms with Crippen LogP contribution in [0.4, 0.5) is 0 Å². The van der Waals surface area contributed by atoms with E-state index >= 15 is 0 Å². The van der Waals surface area contributed by atoms with Gasteiger partial charge < -0.3 is 9.84 Å². The van der Waals surface area contributed by atoms with Crippen molar-refractivity contribution in [3.63, 3.8) is 0 Å². The molecule has 2 aromatic rings. The van der Waals surface area contributed by atoms with Crippen LogP contribution in [0.3, 0.4) is 0 Å². The molecule has 0 aliphatic heterocycles. The number of hydrogen-bond acceptors (Lipinski definition) is 3. The van der Waals surface area contributed by atoms with Crippen LogP contribution in [-0.4, -0.2) is 18.8 Å². The van der Waals surface area contributed by atoms with Crippen molar-refractivity contribution in [2.75, 3.05) is 13.7 Å². The fourth-order valence-corrected chi connectivity index (χ4v) is 2.90. The number of aliphatic hydroxyl groups is 1. The maximum atomic E-state index is 10.8. The van der Waals surface area contributed by atoms with Crippen molar-refractivity contribution in [1.29, 1.82) is 0 Å². The molecular formula is C13H13ClO2S. The molecule has 0 spiro atoms. The van der Waals surface area contributed by atoms with E-state index in [2.05, 4.69) is 0 Å². The molecule has 0 saturated heterocycles. The standard InChI is InChI=1S/C13H13ClO2S/c1-16-9-13(15,10-5-3-2-4-6-10)11-7-8-12(14)17-11/h2-8,15H,9H2,1H3. The Morgan fingerprint density at radius 1 is 1.24 bits per heavy atom. The molecule has 0 radical (unpaired) electrons. The molecule has 2 rings (SSSR count). The fraction of sp³-hybridized carbons (Fsp3) is 0.231. The summed E-state index contributed by atoms with van der Waals surface area (Å²) >= 11 is 7.29. The number of halogens is 1. The highest BCUT2D eigenvalue weighted by atomic mass is 35.5. The predicted octanol–water partition coefficient (Wildman–Crippen LogP) is 3.28. The van der Waals surface area contributed by atoms with Gasteiger partial charge in [-0.05, 0) is 17.7 Å². The zero-order valence-electron chi connectivity index (χ0n) is 9.39. The van der Waals surface area contributed by atoms with E-state index in [1.54, 1.807) is 13.2 Å². The minimum Gasteiger partial charge on any atom is -0.381 e. The first-order valence-electron chi connectivity index (χ1n) is 5.19. The van der Waals surface area contributed by atoms with E-state index in [9.17, 15) is 5.11 Å². The quantitative estimate of drug-likeness (QED) is 0.922. The van der Waals surface area contributed by atoms with Crippen LogP contribution >= 0.6 is 22.9 Å². The van der Waals surface area contributed by atoms with Crippen LogP contribution in [0.1, 0.15) is 10.4 Å². The molecule has 1 atom stereocenters. The summed E-state index contributed by atoms with van der Waals surface area (Å²) in [6, 6.07) is 13.1. The molecule has 4 heteroatoms. The number of methoxy groups -OCH3 is 1. The average molecular weight is 269 g/mol. The van der Waals surface area contributed by atoms with Crippen LogP contribution in [0, 0.1) is 0 Å². The van der Waals surface area contributed by atoms with Gasteiger partial charge in [0.1, 0.15) is 5.60 Å². The van der Waals surface area contributed by atoms with E-state index < -0.39 is 5.60 Å². The van der Waals surface area contributed by atoms with Crippen LogP contribution < -0.4 is 0 Å². The maximum Gasteiger partial charge on any atom is 0.147 e. The third-order valence-electron chi connectivity index (χ3n) is 2.59. The molecule has 17 heavy (non-hydrogen) atoms. The van der Waals surface area contributed by atoms with Gasteiger partial charge in [-0.1, -0.05) is 41.9 Å². The van der Waals surface area contributed by atoms with Crippen LogP contribution in [0.5, 0.6) is 0 Å². The van der Waals surface area contributed by atoms with Gasteiger partial charge in [0, 0.05) is 12.0 Å². The summed E-state index contributed by atoms with van der Waals surface area (Å²) in [5, 5.41) is 10.8. The lowest BCUT2D eigenvalue weighted by atomic mass is 9.93. The van der Waals surface area contributed by atoms with Crippen molar-refractivity contribution in [3.05, 3.63) is 57.2 Å². The molecule has 1 aromatic carbocycles. The Balaban J connectivity index is 2.46. The number of hydrogen-bond donors (Lipinski definition) is 1. The monoisotopic (exact) mass is 268 g/mol. The Morgan fingerprint density at radius 2 is 1.94 bits per heavy atom. The van der Waals surface area contributed by atoms with Crippen LogP contribution in [0.25, 0.3) is 0 Å². The Morgan fingerprint density at radius 3 is 2.47 bits per heavy atom. The summed E-state index contributed by atoms with van der Waals surface area (Å²) in [5.41, 5.74) is -0.325. The predicted molar refractivity (Wildman–Crippen MR) is 70.6 cm³/mol. The highest BCUT2D eigenvalue weighted by Gasteiger charge is 2.33. The number of ether oxygens (including phenoxy) is 1. The first kappa shape index (κ1) is 12.6. The SMILES string of the molecule is COCC(O)(c1ccccc1)c1ccc(Cl)s1. The summed E-state index contributed by atoms with van der Waals surface area (Å²) < 4.78 is 5.80. The van der Waals surface area contributed by atoms with Gasteiger partial charge in [-0.25, -0.2) is 0 Å². The van der Waals surface area contributed by atoms with Crippen molar-refractivity contribution in [3.8, 4) is 0 Å². The lowest BCUT2D eigenvalue weighted by Crippen LogP contribution is -2.31. The minimum absolute atomic E-state index is 0.202. The fourth-order valence-electron chi connectivity index (χ4n) is 1.76. The van der Waals surface area contributed by atoms with Crippen molar-refractivity contribution >= 4 is 22.9 Å². The summed E-state index contributed by atoms with van der Waals surface area (Å²) in [6.07, 6.45) is 0. The molecule has 0 bridgehead atoms. The molecule has 2 nitrogen and oxygen atoms in total. The first-order chi connectivity index (χ1) is 8.16. The number of thiophene rings is 1. The van der Waals surface area contributed by atoms with Crippen molar-refractivity contribution in [2.24, 2.45) is 0 Å². The van der Waals surface area contributed by atoms with Gasteiger partial charge in [-0.3, -0.25) is 0 Å². The third kappa shape index (κ3) is 2.53. The molecule has 0 fully saturated rings. The van der Waals surface area contributed by atoms with E-state index in [4.69, 9.17) is 16.3 Å². The minimum atomic E-state index is -1.13. The first-order valence-corrected chi connectivity index (χ1v) is 6.39. The van der Waals surface area contributed by atoms with Gasteiger partial charge >= 0.3 is 0 Å². The van der Waals surface area contributed by atoms with E-state index in [0.29, 0.717) is 4.34 Å². The number of rotatable bonds is 4. The van der Waals surface area contributed by atoms with Crippen LogP contribution in [-0.2, 0) is 10.3 Å². The van der Waals surface area contributed by atoms with Crippen LogP contribution in [0.15, 0.2) is 42.5 Å². The van der Waals surface area contributed by atoms with E-state index in [1.807, 2.05) is 36.4 Å².